The molecule has 29 heavy (non-hydrogen) atoms. The van der Waals surface area contributed by atoms with E-state index in [1.165, 1.54) is 35.2 Å². The van der Waals surface area contributed by atoms with Gasteiger partial charge in [0.15, 0.2) is 4.34 Å². The van der Waals surface area contributed by atoms with Crippen molar-refractivity contribution in [2.75, 3.05) is 12.9 Å². The zero-order chi connectivity index (χ0) is 20.2. The minimum absolute atomic E-state index is 0.131. The molecule has 0 saturated heterocycles. The third-order valence-electron chi connectivity index (χ3n) is 4.76. The quantitative estimate of drug-likeness (QED) is 0.460. The van der Waals surface area contributed by atoms with Gasteiger partial charge in [-0.15, -0.1) is 11.3 Å². The summed E-state index contributed by atoms with van der Waals surface area (Å²) in [4.78, 5) is 19.4. The van der Waals surface area contributed by atoms with Crippen LogP contribution in [0.2, 0.25) is 0 Å². The Morgan fingerprint density at radius 1 is 1.21 bits per heavy atom. The Hall–Kier alpha value is -2.38. The second kappa shape index (κ2) is 8.97. The fourth-order valence-electron chi connectivity index (χ4n) is 3.02. The van der Waals surface area contributed by atoms with Crippen LogP contribution in [0.1, 0.15) is 18.4 Å². The summed E-state index contributed by atoms with van der Waals surface area (Å²) in [5.41, 5.74) is 2.78. The van der Waals surface area contributed by atoms with Gasteiger partial charge in [-0.3, -0.25) is 4.79 Å². The van der Waals surface area contributed by atoms with Crippen LogP contribution in [0.15, 0.2) is 58.3 Å². The van der Waals surface area contributed by atoms with Gasteiger partial charge in [-0.05, 0) is 54.8 Å². The molecule has 0 spiro atoms. The summed E-state index contributed by atoms with van der Waals surface area (Å²) in [6, 6.07) is 14.5. The summed E-state index contributed by atoms with van der Waals surface area (Å²) in [6.07, 6.45) is 2.14. The van der Waals surface area contributed by atoms with Crippen LogP contribution in [0.5, 0.6) is 5.75 Å². The van der Waals surface area contributed by atoms with Gasteiger partial charge in [0.2, 0.25) is 5.91 Å². The van der Waals surface area contributed by atoms with E-state index in [9.17, 15) is 9.18 Å². The average molecular weight is 429 g/mol. The number of amides is 1. The molecule has 1 heterocycles. The number of halogens is 1. The Morgan fingerprint density at radius 3 is 2.59 bits per heavy atom. The summed E-state index contributed by atoms with van der Waals surface area (Å²) in [5, 5.41) is 1.94. The van der Waals surface area contributed by atoms with Crippen molar-refractivity contribution in [3.8, 4) is 17.0 Å². The van der Waals surface area contributed by atoms with Crippen molar-refractivity contribution in [1.82, 2.24) is 9.88 Å². The summed E-state index contributed by atoms with van der Waals surface area (Å²) in [7, 11) is 1.65. The summed E-state index contributed by atoms with van der Waals surface area (Å²) < 4.78 is 19.1. The van der Waals surface area contributed by atoms with Gasteiger partial charge in [0.25, 0.3) is 0 Å². The van der Waals surface area contributed by atoms with E-state index in [-0.39, 0.29) is 11.7 Å². The standard InChI is InChI=1S/C22H21FN2O2S2/c1-27-19-10-2-15(3-11-19)12-25(18-8-9-18)21(26)14-29-22-24-20(13-28-22)16-4-6-17(23)7-5-16/h2-7,10-11,13,18H,8-9,12,14H2,1H3. The highest BCUT2D eigenvalue weighted by atomic mass is 32.2. The van der Waals surface area contributed by atoms with Gasteiger partial charge in [0, 0.05) is 23.5 Å². The number of benzene rings is 2. The maximum Gasteiger partial charge on any atom is 0.233 e. The molecule has 4 nitrogen and oxygen atoms in total. The average Bonchev–Trinajstić information content (AvgIpc) is 3.48. The van der Waals surface area contributed by atoms with Gasteiger partial charge in [0.1, 0.15) is 11.6 Å². The number of thiazole rings is 1. The Bertz CT molecular complexity index is 969. The minimum Gasteiger partial charge on any atom is -0.497 e. The highest BCUT2D eigenvalue weighted by Crippen LogP contribution is 2.32. The Morgan fingerprint density at radius 2 is 1.93 bits per heavy atom. The predicted octanol–water partition coefficient (Wildman–Crippen LogP) is 5.24. The SMILES string of the molecule is COc1ccc(CN(C(=O)CSc2nc(-c3ccc(F)cc3)cs2)C2CC2)cc1. The van der Waals surface area contributed by atoms with Gasteiger partial charge >= 0.3 is 0 Å². The van der Waals surface area contributed by atoms with Crippen LogP contribution >= 0.6 is 23.1 Å². The van der Waals surface area contributed by atoms with E-state index in [0.29, 0.717) is 18.3 Å². The van der Waals surface area contributed by atoms with Gasteiger partial charge in [-0.1, -0.05) is 23.9 Å². The first-order valence-corrected chi connectivity index (χ1v) is 11.3. The molecule has 0 bridgehead atoms. The number of thioether (sulfide) groups is 1. The molecular formula is C22H21FN2O2S2. The van der Waals surface area contributed by atoms with Crippen LogP contribution in [0.25, 0.3) is 11.3 Å². The van der Waals surface area contributed by atoms with E-state index in [1.807, 2.05) is 34.5 Å². The number of carbonyl (C=O) groups excluding carboxylic acids is 1. The van der Waals surface area contributed by atoms with Crippen LogP contribution in [0.4, 0.5) is 4.39 Å². The second-order valence-corrected chi connectivity index (χ2v) is 8.98. The van der Waals surface area contributed by atoms with Crippen molar-refractivity contribution in [3.63, 3.8) is 0 Å². The number of nitrogens with zero attached hydrogens (tertiary/aromatic N) is 2. The zero-order valence-electron chi connectivity index (χ0n) is 16.0. The van der Waals surface area contributed by atoms with E-state index in [2.05, 4.69) is 4.98 Å². The van der Waals surface area contributed by atoms with Crippen molar-refractivity contribution in [3.05, 3.63) is 65.3 Å². The number of methoxy groups -OCH3 is 1. The van der Waals surface area contributed by atoms with Crippen LogP contribution in [-0.4, -0.2) is 34.7 Å². The van der Waals surface area contributed by atoms with Crippen LogP contribution in [0, 0.1) is 5.82 Å². The third kappa shape index (κ3) is 5.16. The lowest BCUT2D eigenvalue weighted by Gasteiger charge is -2.22. The summed E-state index contributed by atoms with van der Waals surface area (Å²) >= 11 is 2.97. The highest BCUT2D eigenvalue weighted by Gasteiger charge is 2.32. The number of rotatable bonds is 8. The number of aromatic nitrogens is 1. The molecule has 0 aliphatic heterocycles. The fourth-order valence-corrected chi connectivity index (χ4v) is 4.74. The molecule has 1 aromatic heterocycles. The van der Waals surface area contributed by atoms with Crippen molar-refractivity contribution in [2.24, 2.45) is 0 Å². The van der Waals surface area contributed by atoms with Crippen LogP contribution < -0.4 is 4.74 Å². The predicted molar refractivity (Wildman–Crippen MR) is 115 cm³/mol. The smallest absolute Gasteiger partial charge is 0.233 e. The highest BCUT2D eigenvalue weighted by molar-refractivity contribution is 8.01. The van der Waals surface area contributed by atoms with E-state index in [1.54, 1.807) is 19.2 Å². The lowest BCUT2D eigenvalue weighted by molar-refractivity contribution is -0.129. The molecule has 2 aromatic carbocycles. The molecule has 7 heteroatoms. The monoisotopic (exact) mass is 428 g/mol. The van der Waals surface area contributed by atoms with E-state index in [0.717, 1.165) is 39.8 Å². The molecule has 1 aliphatic carbocycles. The first-order chi connectivity index (χ1) is 14.1. The summed E-state index contributed by atoms with van der Waals surface area (Å²) in [6.45, 7) is 0.618. The first-order valence-electron chi connectivity index (χ1n) is 9.39. The lowest BCUT2D eigenvalue weighted by Crippen LogP contribution is -2.33. The molecule has 1 fully saturated rings. The Labute approximate surface area is 177 Å². The molecule has 0 N–H and O–H groups in total. The maximum absolute atomic E-state index is 13.1. The van der Waals surface area contributed by atoms with Gasteiger partial charge in [0.05, 0.1) is 18.6 Å². The largest absolute Gasteiger partial charge is 0.497 e. The molecule has 3 aromatic rings. The Balaban J connectivity index is 1.36. The minimum atomic E-state index is -0.263. The number of ether oxygens (including phenoxy) is 1. The molecule has 1 saturated carbocycles. The molecule has 0 unspecified atom stereocenters. The maximum atomic E-state index is 13.1. The van der Waals surface area contributed by atoms with E-state index < -0.39 is 0 Å². The van der Waals surface area contributed by atoms with Crippen LogP contribution in [0.3, 0.4) is 0 Å². The van der Waals surface area contributed by atoms with Crippen molar-refractivity contribution < 1.29 is 13.9 Å². The lowest BCUT2D eigenvalue weighted by atomic mass is 10.2. The topological polar surface area (TPSA) is 42.4 Å². The summed E-state index contributed by atoms with van der Waals surface area (Å²) in [5.74, 6) is 1.05. The Kier molecular flexibility index (Phi) is 6.16. The van der Waals surface area contributed by atoms with Crippen molar-refractivity contribution >= 4 is 29.0 Å². The van der Waals surface area contributed by atoms with E-state index in [4.69, 9.17) is 4.74 Å². The number of carbonyl (C=O) groups is 1. The molecular weight excluding hydrogens is 407 g/mol. The molecule has 150 valence electrons. The molecule has 0 atom stereocenters. The molecule has 0 radical (unpaired) electrons. The number of hydrogen-bond acceptors (Lipinski definition) is 5. The zero-order valence-corrected chi connectivity index (χ0v) is 17.6. The van der Waals surface area contributed by atoms with Gasteiger partial charge in [-0.2, -0.15) is 0 Å². The molecule has 4 rings (SSSR count). The first kappa shape index (κ1) is 19.9. The fraction of sp³-hybridized carbons (Fsp3) is 0.273. The second-order valence-electron chi connectivity index (χ2n) is 6.90. The van der Waals surface area contributed by atoms with E-state index >= 15 is 0 Å². The number of hydrogen-bond donors (Lipinski definition) is 0. The van der Waals surface area contributed by atoms with Crippen molar-refractivity contribution in [2.45, 2.75) is 29.8 Å². The van der Waals surface area contributed by atoms with Gasteiger partial charge < -0.3 is 9.64 Å². The molecule has 1 amide bonds. The third-order valence-corrected chi connectivity index (χ3v) is 6.77. The molecule has 1 aliphatic rings. The van der Waals surface area contributed by atoms with Crippen molar-refractivity contribution in [1.29, 1.82) is 0 Å². The normalized spacial score (nSPS) is 13.3. The van der Waals surface area contributed by atoms with Crippen LogP contribution in [-0.2, 0) is 11.3 Å². The van der Waals surface area contributed by atoms with Gasteiger partial charge in [-0.25, -0.2) is 9.37 Å².